The summed E-state index contributed by atoms with van der Waals surface area (Å²) in [4.78, 5) is 23.8. The van der Waals surface area contributed by atoms with Gasteiger partial charge in [0.1, 0.15) is 11.6 Å². The van der Waals surface area contributed by atoms with Gasteiger partial charge in [0.25, 0.3) is 10.1 Å². The van der Waals surface area contributed by atoms with Gasteiger partial charge in [-0.25, -0.2) is 0 Å². The molecule has 9 aliphatic rings. The van der Waals surface area contributed by atoms with E-state index < -0.39 is 10.1 Å². The van der Waals surface area contributed by atoms with Crippen LogP contribution in [0.2, 0.25) is 0 Å². The number of benzene rings is 1. The van der Waals surface area contributed by atoms with Crippen LogP contribution in [0.3, 0.4) is 0 Å². The molecule has 0 radical (unpaired) electrons. The van der Waals surface area contributed by atoms with Crippen molar-refractivity contribution in [3.8, 4) is 0 Å². The van der Waals surface area contributed by atoms with Crippen LogP contribution in [-0.2, 0) is 29.2 Å². The lowest BCUT2D eigenvalue weighted by Crippen LogP contribution is -2.57. The zero-order valence-electron chi connectivity index (χ0n) is 28.6. The van der Waals surface area contributed by atoms with Gasteiger partial charge in [-0.05, 0) is 152 Å². The lowest BCUT2D eigenvalue weighted by Gasteiger charge is -2.59. The molecule has 8 saturated carbocycles. The molecule has 10 rings (SSSR count). The third kappa shape index (κ3) is 7.88. The van der Waals surface area contributed by atoms with E-state index >= 15 is 0 Å². The second-order valence-electron chi connectivity index (χ2n) is 15.8. The number of aliphatic hydroxyl groups is 2. The van der Waals surface area contributed by atoms with Crippen LogP contribution in [0.25, 0.3) is 0 Å². The van der Waals surface area contributed by atoms with E-state index in [1.54, 1.807) is 19.1 Å². The molecule has 8 aliphatic carbocycles. The van der Waals surface area contributed by atoms with E-state index in [0.717, 1.165) is 76.1 Å². The molecule has 1 saturated heterocycles. The van der Waals surface area contributed by atoms with Gasteiger partial charge >= 0.3 is 0 Å². The molecule has 0 spiro atoms. The Morgan fingerprint density at radius 3 is 1.68 bits per heavy atom. The highest BCUT2D eigenvalue weighted by Gasteiger charge is 2.58. The molecule has 9 nitrogen and oxygen atoms in total. The number of rotatable bonds is 5. The van der Waals surface area contributed by atoms with E-state index in [9.17, 15) is 23.1 Å². The normalized spacial score (nSPS) is 40.6. The van der Waals surface area contributed by atoms with Gasteiger partial charge in [-0.2, -0.15) is 8.42 Å². The standard InChI is InChI=1S/C17H26O3.C12H18O2.C7H8O3S.CH4O/c1-11(18)17-8-12-6-13(9-17)16(14(7-12)10-17)20-15-4-2-3-5-19-15;1-7(13)12-4-8-2-9(5-12)11(14)10(3-8)6-12;1-6-2-4-7(5-3-6)11(8,9)10;1-2/h12-16H,2-10H2,1H3;8-11,14H,2-6H2,1H3;2-5H,1H3,(H,8,9,10);2H,1H3. The first-order valence-corrected chi connectivity index (χ1v) is 19.2. The fourth-order valence-electron chi connectivity index (χ4n) is 10.8. The molecule has 1 aliphatic heterocycles. The molecule has 47 heavy (non-hydrogen) atoms. The summed E-state index contributed by atoms with van der Waals surface area (Å²) in [5, 5.41) is 17.0. The molecule has 0 aromatic heterocycles. The van der Waals surface area contributed by atoms with Gasteiger partial charge in [-0.1, -0.05) is 17.7 Å². The maximum absolute atomic E-state index is 12.1. The smallest absolute Gasteiger partial charge is 0.294 e. The highest BCUT2D eigenvalue weighted by molar-refractivity contribution is 7.85. The van der Waals surface area contributed by atoms with Crippen molar-refractivity contribution in [1.82, 2.24) is 0 Å². The first kappa shape index (κ1) is 36.6. The maximum atomic E-state index is 12.1. The van der Waals surface area contributed by atoms with Crippen molar-refractivity contribution >= 4 is 21.7 Å². The summed E-state index contributed by atoms with van der Waals surface area (Å²) in [5.41, 5.74) is 0.955. The van der Waals surface area contributed by atoms with Crippen LogP contribution in [0.15, 0.2) is 29.2 Å². The van der Waals surface area contributed by atoms with E-state index in [2.05, 4.69) is 0 Å². The van der Waals surface area contributed by atoms with Crippen LogP contribution in [0.1, 0.15) is 103 Å². The molecule has 10 heteroatoms. The molecule has 3 N–H and O–H groups in total. The lowest BCUT2D eigenvalue weighted by molar-refractivity contribution is -0.244. The summed E-state index contributed by atoms with van der Waals surface area (Å²) < 4.78 is 41.7. The highest BCUT2D eigenvalue weighted by Crippen LogP contribution is 2.62. The van der Waals surface area contributed by atoms with Crippen molar-refractivity contribution in [2.24, 2.45) is 46.3 Å². The Bertz CT molecular complexity index is 1320. The first-order valence-electron chi connectivity index (χ1n) is 17.7. The molecule has 264 valence electrons. The minimum Gasteiger partial charge on any atom is -0.400 e. The van der Waals surface area contributed by atoms with Crippen LogP contribution in [0, 0.1) is 53.3 Å². The van der Waals surface area contributed by atoms with Gasteiger partial charge in [-0.15, -0.1) is 0 Å². The van der Waals surface area contributed by atoms with Gasteiger partial charge in [0.15, 0.2) is 6.29 Å². The quantitative estimate of drug-likeness (QED) is 0.323. The Balaban J connectivity index is 0.000000141. The fourth-order valence-corrected chi connectivity index (χ4v) is 11.2. The van der Waals surface area contributed by atoms with Gasteiger partial charge in [0, 0.05) is 24.5 Å². The summed E-state index contributed by atoms with van der Waals surface area (Å²) in [7, 11) is -3.02. The largest absolute Gasteiger partial charge is 0.400 e. The van der Waals surface area contributed by atoms with Crippen LogP contribution in [0.5, 0.6) is 0 Å². The third-order valence-corrected chi connectivity index (χ3v) is 13.5. The average molecular weight is 677 g/mol. The minimum absolute atomic E-state index is 0.0176. The summed E-state index contributed by atoms with van der Waals surface area (Å²) in [6, 6.07) is 5.99. The number of ketones is 2. The number of hydrogen-bond donors (Lipinski definition) is 3. The molecule has 1 heterocycles. The van der Waals surface area contributed by atoms with Crippen LogP contribution in [-0.4, -0.2) is 67.0 Å². The molecule has 9 fully saturated rings. The van der Waals surface area contributed by atoms with E-state index in [0.29, 0.717) is 41.3 Å². The summed E-state index contributed by atoms with van der Waals surface area (Å²) in [5.74, 6) is 4.41. The zero-order valence-corrected chi connectivity index (χ0v) is 29.4. The van der Waals surface area contributed by atoms with E-state index in [4.69, 9.17) is 19.1 Å². The van der Waals surface area contributed by atoms with Gasteiger partial charge in [0.2, 0.25) is 0 Å². The molecule has 8 bridgehead atoms. The lowest BCUT2D eigenvalue weighted by atomic mass is 9.47. The summed E-state index contributed by atoms with van der Waals surface area (Å²) in [6.45, 7) is 6.26. The second-order valence-corrected chi connectivity index (χ2v) is 17.2. The van der Waals surface area contributed by atoms with Gasteiger partial charge < -0.3 is 19.7 Å². The van der Waals surface area contributed by atoms with Gasteiger partial charge in [-0.3, -0.25) is 14.1 Å². The number of carbonyl (C=O) groups excluding carboxylic acids is 2. The van der Waals surface area contributed by atoms with Crippen molar-refractivity contribution in [2.45, 2.75) is 128 Å². The molecule has 5 atom stereocenters. The second kappa shape index (κ2) is 14.7. The van der Waals surface area contributed by atoms with Crippen LogP contribution < -0.4 is 0 Å². The first-order chi connectivity index (χ1) is 22.3. The minimum atomic E-state index is -4.02. The Morgan fingerprint density at radius 2 is 1.26 bits per heavy atom. The SMILES string of the molecule is CC(=O)C12CC3CC(C1)C(O)C(C3)C2.CC(=O)C12CC3CC(C1)C(OC1CCCCO1)C(C3)C2.CO.Cc1ccc(S(=O)(=O)O)cc1. The molecule has 5 unspecified atom stereocenters. The number of aryl methyl sites for hydroxylation is 1. The zero-order chi connectivity index (χ0) is 34.1. The van der Waals surface area contributed by atoms with Gasteiger partial charge in [0.05, 0.1) is 17.1 Å². The van der Waals surface area contributed by atoms with E-state index in [1.807, 2.05) is 13.8 Å². The number of aliphatic hydroxyl groups excluding tert-OH is 2. The molecule has 1 aromatic rings. The van der Waals surface area contributed by atoms with E-state index in [-0.39, 0.29) is 28.1 Å². The van der Waals surface area contributed by atoms with E-state index in [1.165, 1.54) is 50.7 Å². The third-order valence-electron chi connectivity index (χ3n) is 12.7. The number of carbonyl (C=O) groups is 2. The van der Waals surface area contributed by atoms with Crippen molar-refractivity contribution < 1.29 is 42.2 Å². The van der Waals surface area contributed by atoms with Crippen molar-refractivity contribution in [3.05, 3.63) is 29.8 Å². The maximum Gasteiger partial charge on any atom is 0.294 e. The predicted molar refractivity (Wildman–Crippen MR) is 177 cm³/mol. The Labute approximate surface area is 280 Å². The predicted octanol–water partition coefficient (Wildman–Crippen LogP) is 5.93. The molecule has 1 aromatic carbocycles. The number of ether oxygens (including phenoxy) is 2. The highest BCUT2D eigenvalue weighted by atomic mass is 32.2. The number of Topliss-reactive ketones (excluding diaryl/α,β-unsaturated/α-hetero) is 2. The Hall–Kier alpha value is -1.69. The Morgan fingerprint density at radius 1 is 0.787 bits per heavy atom. The molecular formula is C37H56O9S. The van der Waals surface area contributed by atoms with Crippen molar-refractivity contribution in [3.63, 3.8) is 0 Å². The summed E-state index contributed by atoms with van der Waals surface area (Å²) in [6.07, 6.45) is 15.0. The topological polar surface area (TPSA) is 147 Å². The van der Waals surface area contributed by atoms with Crippen LogP contribution >= 0.6 is 0 Å². The molecule has 0 amide bonds. The van der Waals surface area contributed by atoms with Crippen molar-refractivity contribution in [1.29, 1.82) is 0 Å². The fraction of sp³-hybridized carbons (Fsp3) is 0.784. The molecular weight excluding hydrogens is 620 g/mol. The summed E-state index contributed by atoms with van der Waals surface area (Å²) >= 11 is 0. The number of hydrogen-bond acceptors (Lipinski definition) is 8. The average Bonchev–Trinajstić information content (AvgIpc) is 3.03. The monoisotopic (exact) mass is 676 g/mol. The van der Waals surface area contributed by atoms with Crippen molar-refractivity contribution in [2.75, 3.05) is 13.7 Å². The van der Waals surface area contributed by atoms with Crippen LogP contribution in [0.4, 0.5) is 0 Å². The Kier molecular flexibility index (Phi) is 11.4.